The van der Waals surface area contributed by atoms with E-state index in [9.17, 15) is 9.59 Å². The smallest absolute Gasteiger partial charge is 0.338 e. The van der Waals surface area contributed by atoms with Crippen LogP contribution in [0.4, 0.5) is 0 Å². The van der Waals surface area contributed by atoms with Crippen LogP contribution in [0.1, 0.15) is 66.1 Å². The number of methoxy groups -OCH3 is 3. The molecule has 252 valence electrons. The van der Waals surface area contributed by atoms with Crippen LogP contribution in [-0.2, 0) is 16.1 Å². The van der Waals surface area contributed by atoms with Crippen LogP contribution in [0.15, 0.2) is 69.6 Å². The number of esters is 1. The number of benzene rings is 3. The van der Waals surface area contributed by atoms with Gasteiger partial charge in [0, 0.05) is 5.56 Å². The van der Waals surface area contributed by atoms with E-state index >= 15 is 0 Å². The van der Waals surface area contributed by atoms with E-state index < -0.39 is 12.0 Å². The Bertz CT molecular complexity index is 2030. The molecule has 0 N–H and O–H groups in total. The average molecular weight is 671 g/mol. The van der Waals surface area contributed by atoms with Crippen LogP contribution >= 0.6 is 11.3 Å². The fourth-order valence-electron chi connectivity index (χ4n) is 6.10. The molecule has 0 aliphatic carbocycles. The Morgan fingerprint density at radius 3 is 2.27 bits per heavy atom. The van der Waals surface area contributed by atoms with E-state index in [0.29, 0.717) is 62.2 Å². The highest BCUT2D eigenvalue weighted by atomic mass is 32.1. The van der Waals surface area contributed by atoms with Crippen molar-refractivity contribution in [3.05, 3.63) is 113 Å². The summed E-state index contributed by atoms with van der Waals surface area (Å²) in [4.78, 5) is 33.2. The number of aromatic nitrogens is 1. The van der Waals surface area contributed by atoms with Gasteiger partial charge in [0.05, 0.1) is 43.7 Å². The molecule has 1 aliphatic heterocycles. The van der Waals surface area contributed by atoms with Crippen LogP contribution < -0.4 is 33.8 Å². The number of rotatable bonds is 12. The molecule has 0 unspecified atom stereocenters. The van der Waals surface area contributed by atoms with Crippen molar-refractivity contribution in [3.8, 4) is 23.0 Å². The largest absolute Gasteiger partial charge is 0.497 e. The van der Waals surface area contributed by atoms with Gasteiger partial charge in [-0.25, -0.2) is 9.79 Å². The number of thiazole rings is 1. The molecule has 0 saturated heterocycles. The molecule has 48 heavy (non-hydrogen) atoms. The molecule has 0 radical (unpaired) electrons. The zero-order valence-corrected chi connectivity index (χ0v) is 29.6. The molecule has 0 fully saturated rings. The molecule has 0 spiro atoms. The van der Waals surface area contributed by atoms with E-state index in [4.69, 9.17) is 28.7 Å². The summed E-state index contributed by atoms with van der Waals surface area (Å²) in [6.45, 7) is 10.6. The van der Waals surface area contributed by atoms with E-state index in [1.807, 2.05) is 25.1 Å². The lowest BCUT2D eigenvalue weighted by Crippen LogP contribution is -2.40. The SMILES string of the molecule is CCCC1=C(C(=O)OCC)[C@@H](c2cc(OC)ccc2OC)n2c(s/c(=C\c3ccc(OCc4c(C)cc(C)cc4C)c(OC)c3)c2=O)=N1. The van der Waals surface area contributed by atoms with Crippen LogP contribution in [0.5, 0.6) is 23.0 Å². The quantitative estimate of drug-likeness (QED) is 0.168. The maximum atomic E-state index is 14.3. The summed E-state index contributed by atoms with van der Waals surface area (Å²) in [5.74, 6) is 1.69. The van der Waals surface area contributed by atoms with Crippen LogP contribution in [0.3, 0.4) is 0 Å². The molecule has 9 nitrogen and oxygen atoms in total. The van der Waals surface area contributed by atoms with Crippen molar-refractivity contribution in [3.63, 3.8) is 0 Å². The number of allylic oxidation sites excluding steroid dienone is 1. The Morgan fingerprint density at radius 2 is 1.62 bits per heavy atom. The van der Waals surface area contributed by atoms with Gasteiger partial charge in [0.15, 0.2) is 16.3 Å². The Morgan fingerprint density at radius 1 is 0.917 bits per heavy atom. The normalized spacial score (nSPS) is 14.3. The number of hydrogen-bond acceptors (Lipinski definition) is 9. The minimum Gasteiger partial charge on any atom is -0.497 e. The molecule has 1 atom stereocenters. The minimum atomic E-state index is -0.840. The first-order chi connectivity index (χ1) is 23.1. The van der Waals surface area contributed by atoms with E-state index in [2.05, 4.69) is 32.9 Å². The van der Waals surface area contributed by atoms with Crippen LogP contribution in [0.2, 0.25) is 0 Å². The van der Waals surface area contributed by atoms with Gasteiger partial charge in [-0.15, -0.1) is 0 Å². The number of nitrogens with zero attached hydrogens (tertiary/aromatic N) is 2. The summed E-state index contributed by atoms with van der Waals surface area (Å²) < 4.78 is 30.7. The third-order valence-electron chi connectivity index (χ3n) is 8.32. The Labute approximate surface area is 284 Å². The van der Waals surface area contributed by atoms with Gasteiger partial charge >= 0.3 is 5.97 Å². The zero-order valence-electron chi connectivity index (χ0n) is 28.8. The highest BCUT2D eigenvalue weighted by molar-refractivity contribution is 7.07. The van der Waals surface area contributed by atoms with Crippen LogP contribution in [0, 0.1) is 20.8 Å². The second-order valence-corrected chi connectivity index (χ2v) is 12.6. The molecular weight excluding hydrogens is 628 g/mol. The van der Waals surface area contributed by atoms with Gasteiger partial charge in [-0.2, -0.15) is 0 Å². The molecule has 0 amide bonds. The number of aryl methyl sites for hydroxylation is 3. The fourth-order valence-corrected chi connectivity index (χ4v) is 7.12. The van der Waals surface area contributed by atoms with Crippen molar-refractivity contribution in [1.82, 2.24) is 4.57 Å². The maximum Gasteiger partial charge on any atom is 0.338 e. The van der Waals surface area contributed by atoms with Gasteiger partial charge in [-0.1, -0.05) is 48.4 Å². The maximum absolute atomic E-state index is 14.3. The van der Waals surface area contributed by atoms with Gasteiger partial charge in [0.1, 0.15) is 24.1 Å². The third-order valence-corrected chi connectivity index (χ3v) is 9.30. The van der Waals surface area contributed by atoms with Gasteiger partial charge in [0.2, 0.25) is 0 Å². The average Bonchev–Trinajstić information content (AvgIpc) is 3.37. The number of carbonyl (C=O) groups excluding carboxylic acids is 1. The van der Waals surface area contributed by atoms with Crippen LogP contribution in [-0.4, -0.2) is 38.5 Å². The second-order valence-electron chi connectivity index (χ2n) is 11.6. The predicted molar refractivity (Wildman–Crippen MR) is 187 cm³/mol. The van der Waals surface area contributed by atoms with Crippen LogP contribution in [0.25, 0.3) is 6.08 Å². The summed E-state index contributed by atoms with van der Waals surface area (Å²) in [5, 5.41) is 0. The first kappa shape index (κ1) is 34.5. The van der Waals surface area contributed by atoms with Crippen molar-refractivity contribution in [2.75, 3.05) is 27.9 Å². The van der Waals surface area contributed by atoms with E-state index in [-0.39, 0.29) is 12.2 Å². The molecule has 0 saturated carbocycles. The van der Waals surface area contributed by atoms with Gasteiger partial charge in [-0.05, 0) is 92.8 Å². The summed E-state index contributed by atoms with van der Waals surface area (Å²) in [5.41, 5.74) is 6.66. The summed E-state index contributed by atoms with van der Waals surface area (Å²) in [7, 11) is 4.71. The molecule has 10 heteroatoms. The number of carbonyl (C=O) groups is 1. The van der Waals surface area contributed by atoms with Crippen molar-refractivity contribution in [1.29, 1.82) is 0 Å². The Balaban J connectivity index is 1.62. The molecule has 4 aromatic rings. The molecule has 5 rings (SSSR count). The lowest BCUT2D eigenvalue weighted by atomic mass is 9.93. The van der Waals surface area contributed by atoms with Crippen molar-refractivity contribution < 1.29 is 28.5 Å². The number of ether oxygens (including phenoxy) is 5. The summed E-state index contributed by atoms with van der Waals surface area (Å²) >= 11 is 1.26. The van der Waals surface area contributed by atoms with E-state index in [1.165, 1.54) is 28.0 Å². The number of fused-ring (bicyclic) bond motifs is 1. The topological polar surface area (TPSA) is 97.6 Å². The lowest BCUT2D eigenvalue weighted by Gasteiger charge is -2.27. The summed E-state index contributed by atoms with van der Waals surface area (Å²) in [6.07, 6.45) is 3.08. The molecule has 3 aromatic carbocycles. The van der Waals surface area contributed by atoms with E-state index in [1.54, 1.807) is 57.1 Å². The van der Waals surface area contributed by atoms with Crippen molar-refractivity contribution in [2.24, 2.45) is 4.99 Å². The molecular formula is C38H42N2O7S. The van der Waals surface area contributed by atoms with Crippen molar-refractivity contribution >= 4 is 23.4 Å². The highest BCUT2D eigenvalue weighted by Gasteiger charge is 2.36. The first-order valence-electron chi connectivity index (χ1n) is 15.9. The monoisotopic (exact) mass is 670 g/mol. The molecule has 2 heterocycles. The molecule has 0 bridgehead atoms. The Hall–Kier alpha value is -4.83. The fraction of sp³-hybridized carbons (Fsp3) is 0.342. The number of hydrogen-bond donors (Lipinski definition) is 0. The second kappa shape index (κ2) is 14.9. The van der Waals surface area contributed by atoms with Gasteiger partial charge in [0.25, 0.3) is 5.56 Å². The minimum absolute atomic E-state index is 0.180. The molecule has 1 aromatic heterocycles. The van der Waals surface area contributed by atoms with E-state index in [0.717, 1.165) is 17.5 Å². The lowest BCUT2D eigenvalue weighted by molar-refractivity contribution is -0.139. The highest BCUT2D eigenvalue weighted by Crippen LogP contribution is 2.39. The first-order valence-corrected chi connectivity index (χ1v) is 16.8. The molecule has 1 aliphatic rings. The summed E-state index contributed by atoms with van der Waals surface area (Å²) in [6, 6.07) is 14.4. The van der Waals surface area contributed by atoms with Gasteiger partial charge in [-0.3, -0.25) is 9.36 Å². The van der Waals surface area contributed by atoms with Gasteiger partial charge < -0.3 is 23.7 Å². The standard InChI is InChI=1S/C38H42N2O7S/c1-9-11-29-34(37(42)46-10-2)35(27-20-26(43-6)13-15-30(27)44-7)40-36(41)33(48-38(40)39-29)19-25-12-14-31(32(18-25)45-8)47-21-28-23(4)16-22(3)17-24(28)5/h12-20,35H,9-11,21H2,1-8H3/b33-19-/t35-/m1/s1. The van der Waals surface area contributed by atoms with Crippen molar-refractivity contribution in [2.45, 2.75) is 60.1 Å². The third kappa shape index (κ3) is 6.89. The Kier molecular flexibility index (Phi) is 10.7. The predicted octanol–water partition coefficient (Wildman–Crippen LogP) is 6.11. The zero-order chi connectivity index (χ0) is 34.5.